The van der Waals surface area contributed by atoms with Crippen molar-refractivity contribution in [1.82, 2.24) is 14.8 Å². The summed E-state index contributed by atoms with van der Waals surface area (Å²) in [6, 6.07) is 9.24. The second kappa shape index (κ2) is 10.4. The minimum atomic E-state index is -1.04. The molecule has 0 saturated carbocycles. The first-order valence-electron chi connectivity index (χ1n) is 10.3. The first kappa shape index (κ1) is 22.8. The molecule has 31 heavy (non-hydrogen) atoms. The maximum Gasteiger partial charge on any atom is 0.242 e. The van der Waals surface area contributed by atoms with Crippen molar-refractivity contribution in [3.8, 4) is 0 Å². The molecule has 1 saturated heterocycles. The van der Waals surface area contributed by atoms with E-state index in [2.05, 4.69) is 4.98 Å². The summed E-state index contributed by atoms with van der Waals surface area (Å²) in [4.78, 5) is 33.0. The molecule has 3 rings (SSSR count). The highest BCUT2D eigenvalue weighted by Crippen LogP contribution is 2.16. The first-order valence-corrected chi connectivity index (χ1v) is 10.3. The van der Waals surface area contributed by atoms with Crippen LogP contribution in [0.5, 0.6) is 0 Å². The molecule has 1 aromatic carbocycles. The number of hydrogen-bond acceptors (Lipinski definition) is 4. The van der Waals surface area contributed by atoms with E-state index in [1.54, 1.807) is 11.1 Å². The van der Waals surface area contributed by atoms with E-state index in [4.69, 9.17) is 4.74 Å². The number of halogens is 2. The fourth-order valence-electron chi connectivity index (χ4n) is 3.54. The molecule has 0 unspecified atom stereocenters. The molecule has 0 spiro atoms. The Morgan fingerprint density at radius 1 is 1.19 bits per heavy atom. The Bertz CT molecular complexity index is 908. The number of carbonyl (C=O) groups is 2. The van der Waals surface area contributed by atoms with E-state index in [-0.39, 0.29) is 43.5 Å². The van der Waals surface area contributed by atoms with Crippen molar-refractivity contribution >= 4 is 11.8 Å². The summed E-state index contributed by atoms with van der Waals surface area (Å²) >= 11 is 0. The van der Waals surface area contributed by atoms with Crippen molar-refractivity contribution in [3.63, 3.8) is 0 Å². The van der Waals surface area contributed by atoms with Crippen molar-refractivity contribution in [3.05, 3.63) is 65.5 Å². The monoisotopic (exact) mass is 431 g/mol. The zero-order chi connectivity index (χ0) is 22.4. The van der Waals surface area contributed by atoms with Gasteiger partial charge in [0.05, 0.1) is 31.4 Å². The van der Waals surface area contributed by atoms with Gasteiger partial charge in [-0.1, -0.05) is 32.0 Å². The normalized spacial score (nSPS) is 17.2. The molecule has 0 aliphatic carbocycles. The molecule has 1 aromatic heterocycles. The lowest BCUT2D eigenvalue weighted by Gasteiger charge is -2.25. The quantitative estimate of drug-likeness (QED) is 0.677. The number of ether oxygens (including phenoxy) is 1. The zero-order valence-corrected chi connectivity index (χ0v) is 17.8. The van der Waals surface area contributed by atoms with Crippen molar-refractivity contribution in [1.29, 1.82) is 0 Å². The van der Waals surface area contributed by atoms with Crippen LogP contribution >= 0.6 is 0 Å². The molecule has 1 atom stereocenters. The summed E-state index contributed by atoms with van der Waals surface area (Å²) in [5.41, 5.74) is 0.708. The average Bonchev–Trinajstić information content (AvgIpc) is 2.89. The van der Waals surface area contributed by atoms with Gasteiger partial charge in [0, 0.05) is 31.4 Å². The molecular formula is C23H27F2N3O3. The third-order valence-electron chi connectivity index (χ3n) is 5.03. The van der Waals surface area contributed by atoms with Crippen molar-refractivity contribution in [2.75, 3.05) is 26.2 Å². The van der Waals surface area contributed by atoms with E-state index < -0.39 is 23.6 Å². The van der Waals surface area contributed by atoms with E-state index in [1.165, 1.54) is 17.0 Å². The lowest BCUT2D eigenvalue weighted by atomic mass is 10.1. The van der Waals surface area contributed by atoms with Gasteiger partial charge in [-0.05, 0) is 24.1 Å². The molecule has 0 N–H and O–H groups in total. The molecule has 2 amide bonds. The van der Waals surface area contributed by atoms with Gasteiger partial charge < -0.3 is 14.5 Å². The summed E-state index contributed by atoms with van der Waals surface area (Å²) in [5, 5.41) is 0. The summed E-state index contributed by atoms with van der Waals surface area (Å²) in [7, 11) is 0. The van der Waals surface area contributed by atoms with Crippen molar-refractivity contribution < 1.29 is 23.1 Å². The highest BCUT2D eigenvalue weighted by atomic mass is 19.2. The Balaban J connectivity index is 1.74. The topological polar surface area (TPSA) is 62.7 Å². The Labute approximate surface area is 180 Å². The predicted octanol–water partition coefficient (Wildman–Crippen LogP) is 2.81. The van der Waals surface area contributed by atoms with Gasteiger partial charge in [0.25, 0.3) is 0 Å². The van der Waals surface area contributed by atoms with E-state index in [0.717, 1.165) is 11.8 Å². The van der Waals surface area contributed by atoms with Crippen LogP contribution in [0.1, 0.15) is 25.1 Å². The standard InChI is InChI=1S/C23H27F2N3O3/c1-16(2)11-27-12-19(31-15-18-7-3-4-9-26-18)13-28(14-22(27)30)21(29)10-17-6-5-8-20(24)23(17)25/h3-9,16,19H,10-15H2,1-2H3/t19-/m1/s1. The molecule has 1 fully saturated rings. The van der Waals surface area contributed by atoms with Gasteiger partial charge in [-0.2, -0.15) is 0 Å². The van der Waals surface area contributed by atoms with Gasteiger partial charge in [0.2, 0.25) is 11.8 Å². The van der Waals surface area contributed by atoms with Crippen LogP contribution in [0, 0.1) is 17.6 Å². The van der Waals surface area contributed by atoms with Gasteiger partial charge >= 0.3 is 0 Å². The number of carbonyl (C=O) groups excluding carboxylic acids is 2. The van der Waals surface area contributed by atoms with Crippen LogP contribution < -0.4 is 0 Å². The molecule has 2 aromatic rings. The average molecular weight is 431 g/mol. The SMILES string of the molecule is CC(C)CN1C[C@@H](OCc2ccccn2)CN(C(=O)Cc2cccc(F)c2F)CC1=O. The Morgan fingerprint density at radius 2 is 2.00 bits per heavy atom. The van der Waals surface area contributed by atoms with E-state index in [0.29, 0.717) is 13.1 Å². The molecule has 2 heterocycles. The van der Waals surface area contributed by atoms with Crippen LogP contribution in [0.4, 0.5) is 8.78 Å². The molecule has 1 aliphatic rings. The van der Waals surface area contributed by atoms with Crippen LogP contribution in [0.15, 0.2) is 42.6 Å². The highest BCUT2D eigenvalue weighted by Gasteiger charge is 2.31. The smallest absolute Gasteiger partial charge is 0.242 e. The number of nitrogens with zero attached hydrogens (tertiary/aromatic N) is 3. The first-order chi connectivity index (χ1) is 14.8. The summed E-state index contributed by atoms with van der Waals surface area (Å²) < 4.78 is 33.5. The Hall–Kier alpha value is -2.87. The van der Waals surface area contributed by atoms with Gasteiger partial charge in [-0.15, -0.1) is 0 Å². The number of aromatic nitrogens is 1. The Morgan fingerprint density at radius 3 is 2.71 bits per heavy atom. The van der Waals surface area contributed by atoms with Crippen LogP contribution in [0.2, 0.25) is 0 Å². The van der Waals surface area contributed by atoms with Crippen LogP contribution in [-0.2, 0) is 27.4 Å². The van der Waals surface area contributed by atoms with Crippen LogP contribution in [0.3, 0.4) is 0 Å². The third kappa shape index (κ3) is 6.30. The number of rotatable bonds is 7. The largest absolute Gasteiger partial charge is 0.368 e. The van der Waals surface area contributed by atoms with E-state index in [1.807, 2.05) is 32.0 Å². The number of hydrogen-bond donors (Lipinski definition) is 0. The van der Waals surface area contributed by atoms with Gasteiger partial charge in [0.15, 0.2) is 11.6 Å². The van der Waals surface area contributed by atoms with Crippen LogP contribution in [-0.4, -0.2) is 58.9 Å². The van der Waals surface area contributed by atoms with E-state index >= 15 is 0 Å². The van der Waals surface area contributed by atoms with Crippen molar-refractivity contribution in [2.24, 2.45) is 5.92 Å². The number of benzene rings is 1. The van der Waals surface area contributed by atoms with Gasteiger partial charge in [-0.3, -0.25) is 14.6 Å². The molecule has 0 bridgehead atoms. The summed E-state index contributed by atoms with van der Waals surface area (Å²) in [6.45, 7) is 5.23. The minimum absolute atomic E-state index is 0.0355. The molecule has 1 aliphatic heterocycles. The minimum Gasteiger partial charge on any atom is -0.368 e. The predicted molar refractivity (Wildman–Crippen MR) is 111 cm³/mol. The van der Waals surface area contributed by atoms with Gasteiger partial charge in [-0.25, -0.2) is 8.78 Å². The molecule has 8 heteroatoms. The highest BCUT2D eigenvalue weighted by molar-refractivity contribution is 5.86. The second-order valence-electron chi connectivity index (χ2n) is 8.11. The van der Waals surface area contributed by atoms with Gasteiger partial charge in [0.1, 0.15) is 0 Å². The lowest BCUT2D eigenvalue weighted by molar-refractivity contribution is -0.138. The van der Waals surface area contributed by atoms with Crippen LogP contribution in [0.25, 0.3) is 0 Å². The molecular weight excluding hydrogens is 404 g/mol. The number of amides is 2. The maximum absolute atomic E-state index is 14.0. The fraction of sp³-hybridized carbons (Fsp3) is 0.435. The van der Waals surface area contributed by atoms with Crippen molar-refractivity contribution in [2.45, 2.75) is 33.0 Å². The summed E-state index contributed by atoms with van der Waals surface area (Å²) in [6.07, 6.45) is 0.922. The van der Waals surface area contributed by atoms with E-state index in [9.17, 15) is 18.4 Å². The number of pyridine rings is 1. The zero-order valence-electron chi connectivity index (χ0n) is 17.8. The molecule has 0 radical (unpaired) electrons. The Kier molecular flexibility index (Phi) is 7.68. The molecule has 6 nitrogen and oxygen atoms in total. The second-order valence-corrected chi connectivity index (χ2v) is 8.11. The fourth-order valence-corrected chi connectivity index (χ4v) is 3.54. The third-order valence-corrected chi connectivity index (χ3v) is 5.03. The lowest BCUT2D eigenvalue weighted by Crippen LogP contribution is -2.41. The molecule has 166 valence electrons. The maximum atomic E-state index is 14.0. The summed E-state index contributed by atoms with van der Waals surface area (Å²) in [5.74, 6) is -2.43.